The van der Waals surface area contributed by atoms with Gasteiger partial charge in [-0.05, 0) is 32.4 Å². The van der Waals surface area contributed by atoms with Gasteiger partial charge in [-0.15, -0.1) is 0 Å². The Labute approximate surface area is 116 Å². The van der Waals surface area contributed by atoms with Gasteiger partial charge in [-0.3, -0.25) is 4.79 Å². The van der Waals surface area contributed by atoms with Gasteiger partial charge >= 0.3 is 5.97 Å². The SMILES string of the molecule is CC(C)(O)CCn1cc(C(=O)O)c(=O)c2ccccc21. The Kier molecular flexibility index (Phi) is 3.63. The standard InChI is InChI=1S/C15H17NO4/c1-15(2,20)7-8-16-9-11(14(18)19)13(17)10-5-3-4-6-12(10)16/h3-6,9,20H,7-8H2,1-2H3,(H,18,19). The maximum Gasteiger partial charge on any atom is 0.341 e. The first-order chi connectivity index (χ1) is 9.29. The van der Waals surface area contributed by atoms with Crippen LogP contribution < -0.4 is 5.43 Å². The molecule has 1 aromatic heterocycles. The van der Waals surface area contributed by atoms with Gasteiger partial charge in [0.05, 0.1) is 11.1 Å². The molecule has 0 saturated carbocycles. The van der Waals surface area contributed by atoms with E-state index >= 15 is 0 Å². The van der Waals surface area contributed by atoms with Gasteiger partial charge < -0.3 is 14.8 Å². The largest absolute Gasteiger partial charge is 0.477 e. The number of hydrogen-bond acceptors (Lipinski definition) is 3. The molecule has 2 aromatic rings. The zero-order valence-electron chi connectivity index (χ0n) is 11.5. The number of aliphatic hydroxyl groups is 1. The minimum Gasteiger partial charge on any atom is -0.477 e. The second-order valence-corrected chi connectivity index (χ2v) is 5.45. The van der Waals surface area contributed by atoms with E-state index < -0.39 is 17.0 Å². The van der Waals surface area contributed by atoms with E-state index in [1.54, 1.807) is 42.7 Å². The van der Waals surface area contributed by atoms with Crippen LogP contribution in [0.5, 0.6) is 0 Å². The van der Waals surface area contributed by atoms with E-state index in [1.807, 2.05) is 0 Å². The Hall–Kier alpha value is -2.14. The predicted molar refractivity (Wildman–Crippen MR) is 76.1 cm³/mol. The van der Waals surface area contributed by atoms with Crippen molar-refractivity contribution in [1.82, 2.24) is 4.57 Å². The van der Waals surface area contributed by atoms with Crippen LogP contribution in [0.15, 0.2) is 35.3 Å². The van der Waals surface area contributed by atoms with Crippen molar-refractivity contribution in [3.8, 4) is 0 Å². The number of benzene rings is 1. The van der Waals surface area contributed by atoms with Crippen LogP contribution in [0.4, 0.5) is 0 Å². The van der Waals surface area contributed by atoms with Gasteiger partial charge in [0.2, 0.25) is 5.43 Å². The molecule has 2 rings (SSSR count). The molecule has 0 aliphatic rings. The predicted octanol–water partition coefficient (Wildman–Crippen LogP) is 1.86. The summed E-state index contributed by atoms with van der Waals surface area (Å²) in [6.07, 6.45) is 1.80. The van der Waals surface area contributed by atoms with E-state index in [0.29, 0.717) is 23.9 Å². The lowest BCUT2D eigenvalue weighted by Gasteiger charge is -2.19. The fourth-order valence-electron chi connectivity index (χ4n) is 2.08. The van der Waals surface area contributed by atoms with Crippen LogP contribution in [0.25, 0.3) is 10.9 Å². The van der Waals surface area contributed by atoms with Crippen molar-refractivity contribution < 1.29 is 15.0 Å². The van der Waals surface area contributed by atoms with Crippen LogP contribution in [-0.2, 0) is 6.54 Å². The molecule has 0 aliphatic carbocycles. The molecule has 0 saturated heterocycles. The Bertz CT molecular complexity index is 710. The van der Waals surface area contributed by atoms with Gasteiger partial charge in [0.25, 0.3) is 0 Å². The highest BCUT2D eigenvalue weighted by Crippen LogP contribution is 2.15. The number of carboxylic acids is 1. The Morgan fingerprint density at radius 2 is 1.95 bits per heavy atom. The maximum atomic E-state index is 12.1. The topological polar surface area (TPSA) is 79.5 Å². The minimum atomic E-state index is -1.24. The fourth-order valence-corrected chi connectivity index (χ4v) is 2.08. The second kappa shape index (κ2) is 5.09. The number of aryl methyl sites for hydroxylation is 1. The monoisotopic (exact) mass is 275 g/mol. The zero-order valence-corrected chi connectivity index (χ0v) is 11.5. The minimum absolute atomic E-state index is 0.251. The average molecular weight is 275 g/mol. The van der Waals surface area contributed by atoms with Crippen molar-refractivity contribution in [2.24, 2.45) is 0 Å². The Balaban J connectivity index is 2.61. The molecular weight excluding hydrogens is 258 g/mol. The zero-order chi connectivity index (χ0) is 14.9. The molecule has 0 unspecified atom stereocenters. The summed E-state index contributed by atoms with van der Waals surface area (Å²) in [7, 11) is 0. The van der Waals surface area contributed by atoms with E-state index in [4.69, 9.17) is 5.11 Å². The Morgan fingerprint density at radius 1 is 1.30 bits per heavy atom. The number of nitrogens with zero attached hydrogens (tertiary/aromatic N) is 1. The van der Waals surface area contributed by atoms with E-state index in [9.17, 15) is 14.7 Å². The summed E-state index contributed by atoms with van der Waals surface area (Å²) in [6, 6.07) is 6.88. The first kappa shape index (κ1) is 14.3. The molecule has 0 spiro atoms. The summed E-state index contributed by atoms with van der Waals surface area (Å²) < 4.78 is 1.71. The van der Waals surface area contributed by atoms with Gasteiger partial charge in [0.1, 0.15) is 5.56 Å². The van der Waals surface area contributed by atoms with Crippen LogP contribution in [0.1, 0.15) is 30.6 Å². The number of fused-ring (bicyclic) bond motifs is 1. The highest BCUT2D eigenvalue weighted by atomic mass is 16.4. The molecule has 0 bridgehead atoms. The molecule has 5 nitrogen and oxygen atoms in total. The van der Waals surface area contributed by atoms with Gasteiger partial charge in [0, 0.05) is 18.1 Å². The van der Waals surface area contributed by atoms with Crippen molar-refractivity contribution in [3.05, 3.63) is 46.2 Å². The third-order valence-corrected chi connectivity index (χ3v) is 3.18. The lowest BCUT2D eigenvalue weighted by atomic mass is 10.1. The number of hydrogen-bond donors (Lipinski definition) is 2. The summed E-state index contributed by atoms with van der Waals surface area (Å²) >= 11 is 0. The van der Waals surface area contributed by atoms with Crippen molar-refractivity contribution in [3.63, 3.8) is 0 Å². The Morgan fingerprint density at radius 3 is 2.55 bits per heavy atom. The summed E-state index contributed by atoms with van der Waals surface area (Å²) in [6.45, 7) is 3.82. The molecular formula is C15H17NO4. The van der Waals surface area contributed by atoms with Crippen molar-refractivity contribution in [2.45, 2.75) is 32.4 Å². The maximum absolute atomic E-state index is 12.1. The number of aromatic carboxylic acids is 1. The number of pyridine rings is 1. The van der Waals surface area contributed by atoms with Crippen molar-refractivity contribution in [2.75, 3.05) is 0 Å². The number of carboxylic acid groups (broad SMARTS) is 1. The molecule has 0 fully saturated rings. The number of aromatic nitrogens is 1. The lowest BCUT2D eigenvalue weighted by Crippen LogP contribution is -2.23. The van der Waals surface area contributed by atoms with E-state index in [-0.39, 0.29) is 5.56 Å². The van der Waals surface area contributed by atoms with Gasteiger partial charge in [-0.1, -0.05) is 12.1 Å². The van der Waals surface area contributed by atoms with Gasteiger partial charge in [-0.25, -0.2) is 4.79 Å². The van der Waals surface area contributed by atoms with Gasteiger partial charge in [-0.2, -0.15) is 0 Å². The quantitative estimate of drug-likeness (QED) is 0.892. The smallest absolute Gasteiger partial charge is 0.341 e. The molecule has 1 heterocycles. The molecule has 0 amide bonds. The molecule has 20 heavy (non-hydrogen) atoms. The van der Waals surface area contributed by atoms with Crippen LogP contribution in [0, 0.1) is 0 Å². The van der Waals surface area contributed by atoms with Crippen LogP contribution in [-0.4, -0.2) is 26.4 Å². The summed E-state index contributed by atoms with van der Waals surface area (Å²) in [5.74, 6) is -1.24. The second-order valence-electron chi connectivity index (χ2n) is 5.45. The fraction of sp³-hybridized carbons (Fsp3) is 0.333. The normalized spacial score (nSPS) is 11.8. The van der Waals surface area contributed by atoms with Crippen LogP contribution in [0.2, 0.25) is 0 Å². The first-order valence-electron chi connectivity index (χ1n) is 6.37. The van der Waals surface area contributed by atoms with E-state index in [0.717, 1.165) is 0 Å². The molecule has 2 N–H and O–H groups in total. The molecule has 0 radical (unpaired) electrons. The molecule has 1 aromatic carbocycles. The number of rotatable bonds is 4. The molecule has 5 heteroatoms. The highest BCUT2D eigenvalue weighted by molar-refractivity contribution is 5.92. The van der Waals surface area contributed by atoms with Crippen LogP contribution in [0.3, 0.4) is 0 Å². The summed E-state index contributed by atoms with van der Waals surface area (Å²) in [5.41, 5.74) is -0.910. The van der Waals surface area contributed by atoms with Crippen molar-refractivity contribution >= 4 is 16.9 Å². The van der Waals surface area contributed by atoms with Crippen molar-refractivity contribution in [1.29, 1.82) is 0 Å². The number of para-hydroxylation sites is 1. The summed E-state index contributed by atoms with van der Waals surface area (Å²) in [5, 5.41) is 19.3. The third-order valence-electron chi connectivity index (χ3n) is 3.18. The molecule has 106 valence electrons. The summed E-state index contributed by atoms with van der Waals surface area (Å²) in [4.78, 5) is 23.2. The van der Waals surface area contributed by atoms with E-state index in [1.165, 1.54) is 6.20 Å². The third kappa shape index (κ3) is 2.88. The lowest BCUT2D eigenvalue weighted by molar-refractivity contribution is 0.0665. The average Bonchev–Trinajstić information content (AvgIpc) is 2.37. The first-order valence-corrected chi connectivity index (χ1v) is 6.37. The number of carbonyl (C=O) groups is 1. The molecule has 0 atom stereocenters. The van der Waals surface area contributed by atoms with Gasteiger partial charge in [0.15, 0.2) is 0 Å². The van der Waals surface area contributed by atoms with E-state index in [2.05, 4.69) is 0 Å². The van der Waals surface area contributed by atoms with Crippen LogP contribution >= 0.6 is 0 Å². The highest BCUT2D eigenvalue weighted by Gasteiger charge is 2.16. The molecule has 0 aliphatic heterocycles.